The molecule has 5 nitrogen and oxygen atoms in total. The van der Waals surface area contributed by atoms with Crippen molar-refractivity contribution in [2.24, 2.45) is 0 Å². The number of carbonyl (C=O) groups is 2. The Morgan fingerprint density at radius 3 is 2.38 bits per heavy atom. The second-order valence-electron chi connectivity index (χ2n) is 9.67. The highest BCUT2D eigenvalue weighted by Crippen LogP contribution is 2.33. The standard InChI is InChI=1S/C27H30ClF4N3O2/c28-22-10-9-17-11-13-35(26(37)27(30,31)32)14-12-21(17)24(22)33-16-19-8-7-18(15-23(19)29)25(36)34-20-5-3-1-2-4-6-20/h7-10,15,20,33H,1-6,11-14,16H2,(H,34,36). The van der Waals surface area contributed by atoms with Gasteiger partial charge in [0.15, 0.2) is 0 Å². The summed E-state index contributed by atoms with van der Waals surface area (Å²) >= 11 is 6.39. The lowest BCUT2D eigenvalue weighted by molar-refractivity contribution is -0.185. The number of alkyl halides is 3. The Kier molecular flexibility index (Phi) is 8.62. The van der Waals surface area contributed by atoms with E-state index in [0.29, 0.717) is 21.8 Å². The molecule has 0 radical (unpaired) electrons. The van der Waals surface area contributed by atoms with E-state index in [0.717, 1.165) is 36.1 Å². The molecule has 2 N–H and O–H groups in total. The van der Waals surface area contributed by atoms with Crippen molar-refractivity contribution in [3.63, 3.8) is 0 Å². The van der Waals surface area contributed by atoms with Crippen molar-refractivity contribution >= 4 is 29.1 Å². The van der Waals surface area contributed by atoms with Gasteiger partial charge in [-0.2, -0.15) is 13.2 Å². The molecule has 2 aromatic carbocycles. The highest BCUT2D eigenvalue weighted by Gasteiger charge is 2.42. The third-order valence-corrected chi connectivity index (χ3v) is 7.45. The van der Waals surface area contributed by atoms with E-state index in [2.05, 4.69) is 10.6 Å². The van der Waals surface area contributed by atoms with Crippen LogP contribution in [-0.4, -0.2) is 42.0 Å². The lowest BCUT2D eigenvalue weighted by Crippen LogP contribution is -2.42. The smallest absolute Gasteiger partial charge is 0.379 e. The molecule has 4 rings (SSSR count). The molecule has 0 saturated heterocycles. The first-order valence-electron chi connectivity index (χ1n) is 12.6. The molecule has 200 valence electrons. The van der Waals surface area contributed by atoms with E-state index in [1.54, 1.807) is 24.3 Å². The summed E-state index contributed by atoms with van der Waals surface area (Å²) in [5, 5.41) is 6.49. The molecule has 1 heterocycles. The van der Waals surface area contributed by atoms with Crippen LogP contribution in [0.1, 0.15) is 65.6 Å². The number of amides is 2. The van der Waals surface area contributed by atoms with Gasteiger partial charge in [-0.1, -0.05) is 49.4 Å². The summed E-state index contributed by atoms with van der Waals surface area (Å²) in [5.74, 6) is -2.69. The van der Waals surface area contributed by atoms with Gasteiger partial charge in [-0.15, -0.1) is 0 Å². The maximum atomic E-state index is 14.9. The quantitative estimate of drug-likeness (QED) is 0.360. The number of hydrogen-bond acceptors (Lipinski definition) is 3. The first-order chi connectivity index (χ1) is 17.6. The zero-order valence-corrected chi connectivity index (χ0v) is 21.2. The van der Waals surface area contributed by atoms with Gasteiger partial charge >= 0.3 is 12.1 Å². The van der Waals surface area contributed by atoms with Crippen LogP contribution in [-0.2, 0) is 24.2 Å². The summed E-state index contributed by atoms with van der Waals surface area (Å²) in [6.07, 6.45) is 1.86. The van der Waals surface area contributed by atoms with Gasteiger partial charge in [0.2, 0.25) is 0 Å². The van der Waals surface area contributed by atoms with E-state index in [-0.39, 0.29) is 50.0 Å². The van der Waals surface area contributed by atoms with Crippen molar-refractivity contribution in [3.05, 3.63) is 63.4 Å². The first-order valence-corrected chi connectivity index (χ1v) is 13.0. The molecule has 37 heavy (non-hydrogen) atoms. The van der Waals surface area contributed by atoms with Crippen molar-refractivity contribution in [3.8, 4) is 0 Å². The van der Waals surface area contributed by atoms with E-state index < -0.39 is 17.9 Å². The third kappa shape index (κ3) is 6.74. The maximum Gasteiger partial charge on any atom is 0.471 e. The zero-order chi connectivity index (χ0) is 26.6. The predicted octanol–water partition coefficient (Wildman–Crippen LogP) is 6.03. The molecule has 0 unspecified atom stereocenters. The number of benzene rings is 2. The Morgan fingerprint density at radius 1 is 1.00 bits per heavy atom. The van der Waals surface area contributed by atoms with Crippen molar-refractivity contribution in [2.45, 2.75) is 70.1 Å². The highest BCUT2D eigenvalue weighted by molar-refractivity contribution is 6.33. The van der Waals surface area contributed by atoms with Gasteiger partial charge in [0, 0.05) is 36.8 Å². The summed E-state index contributed by atoms with van der Waals surface area (Å²) in [7, 11) is 0. The summed E-state index contributed by atoms with van der Waals surface area (Å²) in [6.45, 7) is -0.0807. The van der Waals surface area contributed by atoms with E-state index in [1.165, 1.54) is 18.9 Å². The molecule has 1 aliphatic heterocycles. The topological polar surface area (TPSA) is 61.4 Å². The summed E-state index contributed by atoms with van der Waals surface area (Å²) < 4.78 is 53.6. The minimum absolute atomic E-state index is 0.0502. The summed E-state index contributed by atoms with van der Waals surface area (Å²) in [4.78, 5) is 25.1. The van der Waals surface area contributed by atoms with Gasteiger partial charge in [-0.25, -0.2) is 4.39 Å². The summed E-state index contributed by atoms with van der Waals surface area (Å²) in [6, 6.07) is 7.84. The van der Waals surface area contributed by atoms with Gasteiger partial charge < -0.3 is 15.5 Å². The lowest BCUT2D eigenvalue weighted by atomic mass is 10.0. The Labute approximate surface area is 218 Å². The fourth-order valence-corrected chi connectivity index (χ4v) is 5.32. The summed E-state index contributed by atoms with van der Waals surface area (Å²) in [5.41, 5.74) is 2.59. The third-order valence-electron chi connectivity index (χ3n) is 7.13. The van der Waals surface area contributed by atoms with Crippen LogP contribution in [0.25, 0.3) is 0 Å². The number of anilines is 1. The number of hydrogen-bond donors (Lipinski definition) is 2. The van der Waals surface area contributed by atoms with Crippen molar-refractivity contribution in [2.75, 3.05) is 18.4 Å². The predicted molar refractivity (Wildman–Crippen MR) is 134 cm³/mol. The molecular formula is C27H30ClF4N3O2. The SMILES string of the molecule is O=C(NC1CCCCCC1)c1ccc(CNc2c(Cl)ccc3c2CCN(C(=O)C(F)(F)F)CC3)c(F)c1. The van der Waals surface area contributed by atoms with Gasteiger partial charge in [0.05, 0.1) is 10.7 Å². The van der Waals surface area contributed by atoms with Crippen molar-refractivity contribution in [1.82, 2.24) is 10.2 Å². The molecule has 2 aromatic rings. The maximum absolute atomic E-state index is 14.9. The molecule has 0 atom stereocenters. The van der Waals surface area contributed by atoms with E-state index in [1.807, 2.05) is 0 Å². The average molecular weight is 540 g/mol. The molecule has 0 bridgehead atoms. The Morgan fingerprint density at radius 2 is 1.70 bits per heavy atom. The molecule has 0 aromatic heterocycles. The second-order valence-corrected chi connectivity index (χ2v) is 10.1. The number of fused-ring (bicyclic) bond motifs is 1. The molecule has 1 aliphatic carbocycles. The highest BCUT2D eigenvalue weighted by atomic mass is 35.5. The van der Waals surface area contributed by atoms with Gasteiger partial charge in [-0.05, 0) is 55.0 Å². The van der Waals surface area contributed by atoms with E-state index >= 15 is 0 Å². The fourth-order valence-electron chi connectivity index (χ4n) is 5.08. The number of halogens is 5. The number of rotatable bonds is 5. The second kappa shape index (κ2) is 11.7. The molecule has 0 spiro atoms. The number of nitrogens with one attached hydrogen (secondary N) is 2. The Balaban J connectivity index is 1.43. The van der Waals surface area contributed by atoms with Gasteiger partial charge in [-0.3, -0.25) is 9.59 Å². The first kappa shape index (κ1) is 27.2. The Bertz CT molecular complexity index is 1150. The molecule has 1 fully saturated rings. The van der Waals surface area contributed by atoms with E-state index in [4.69, 9.17) is 11.6 Å². The van der Waals surface area contributed by atoms with Crippen molar-refractivity contribution < 1.29 is 27.2 Å². The minimum atomic E-state index is -4.93. The van der Waals surface area contributed by atoms with Crippen LogP contribution in [0.2, 0.25) is 5.02 Å². The zero-order valence-electron chi connectivity index (χ0n) is 20.4. The lowest BCUT2D eigenvalue weighted by Gasteiger charge is -2.21. The number of carbonyl (C=O) groups excluding carboxylic acids is 2. The monoisotopic (exact) mass is 539 g/mol. The largest absolute Gasteiger partial charge is 0.471 e. The van der Waals surface area contributed by atoms with Crippen LogP contribution >= 0.6 is 11.6 Å². The molecule has 2 amide bonds. The molecule has 1 saturated carbocycles. The van der Waals surface area contributed by atoms with Crippen LogP contribution in [0, 0.1) is 5.82 Å². The Hall–Kier alpha value is -2.81. The normalized spacial score (nSPS) is 16.9. The fraction of sp³-hybridized carbons (Fsp3) is 0.481. The van der Waals surface area contributed by atoms with E-state index in [9.17, 15) is 27.2 Å². The average Bonchev–Trinajstić information content (AvgIpc) is 3.24. The van der Waals surface area contributed by atoms with Crippen LogP contribution in [0.3, 0.4) is 0 Å². The van der Waals surface area contributed by atoms with Crippen LogP contribution in [0.4, 0.5) is 23.2 Å². The van der Waals surface area contributed by atoms with Crippen LogP contribution in [0.15, 0.2) is 30.3 Å². The van der Waals surface area contributed by atoms with Crippen molar-refractivity contribution in [1.29, 1.82) is 0 Å². The molecule has 2 aliphatic rings. The minimum Gasteiger partial charge on any atom is -0.379 e. The van der Waals surface area contributed by atoms with Gasteiger partial charge in [0.25, 0.3) is 5.91 Å². The number of nitrogens with zero attached hydrogens (tertiary/aromatic N) is 1. The molecular weight excluding hydrogens is 510 g/mol. The molecule has 10 heteroatoms. The van der Waals surface area contributed by atoms with Gasteiger partial charge in [0.1, 0.15) is 5.82 Å². The van der Waals surface area contributed by atoms with Crippen LogP contribution < -0.4 is 10.6 Å². The van der Waals surface area contributed by atoms with Crippen LogP contribution in [0.5, 0.6) is 0 Å².